The molecule has 0 aliphatic carbocycles. The quantitative estimate of drug-likeness (QED) is 0.788. The summed E-state index contributed by atoms with van der Waals surface area (Å²) >= 11 is 0. The summed E-state index contributed by atoms with van der Waals surface area (Å²) in [6, 6.07) is 9.30. The van der Waals surface area contributed by atoms with Crippen LogP contribution in [0.15, 0.2) is 36.7 Å². The van der Waals surface area contributed by atoms with E-state index in [4.69, 9.17) is 11.0 Å². The van der Waals surface area contributed by atoms with Crippen LogP contribution in [0.25, 0.3) is 5.69 Å². The van der Waals surface area contributed by atoms with Crippen LogP contribution in [-0.4, -0.2) is 9.78 Å². The minimum absolute atomic E-state index is 0.482. The Morgan fingerprint density at radius 3 is 2.60 bits per heavy atom. The Balaban J connectivity index is 2.33. The zero-order chi connectivity index (χ0) is 10.7. The molecule has 0 fully saturated rings. The van der Waals surface area contributed by atoms with Gasteiger partial charge in [-0.2, -0.15) is 10.4 Å². The second-order valence-corrected chi connectivity index (χ2v) is 3.16. The van der Waals surface area contributed by atoms with Crippen molar-refractivity contribution >= 4 is 0 Å². The molecule has 2 aromatic rings. The third kappa shape index (κ3) is 1.87. The summed E-state index contributed by atoms with van der Waals surface area (Å²) in [5.41, 5.74) is 8.04. The summed E-state index contributed by atoms with van der Waals surface area (Å²) in [6.07, 6.45) is 3.61. The normalized spacial score (nSPS) is 9.87. The lowest BCUT2D eigenvalue weighted by Crippen LogP contribution is -1.95. The van der Waals surface area contributed by atoms with Crippen molar-refractivity contribution in [2.75, 3.05) is 0 Å². The van der Waals surface area contributed by atoms with E-state index in [9.17, 15) is 0 Å². The topological polar surface area (TPSA) is 67.6 Å². The van der Waals surface area contributed by atoms with Crippen molar-refractivity contribution in [1.82, 2.24) is 9.78 Å². The first-order valence-corrected chi connectivity index (χ1v) is 4.57. The summed E-state index contributed by atoms with van der Waals surface area (Å²) in [4.78, 5) is 0. The molecule has 0 bridgehead atoms. The minimum Gasteiger partial charge on any atom is -0.326 e. The molecule has 4 nitrogen and oxygen atoms in total. The highest BCUT2D eigenvalue weighted by Gasteiger charge is 1.99. The minimum atomic E-state index is 0.482. The van der Waals surface area contributed by atoms with Crippen molar-refractivity contribution in [3.05, 3.63) is 47.8 Å². The van der Waals surface area contributed by atoms with Crippen LogP contribution in [0.2, 0.25) is 0 Å². The molecular weight excluding hydrogens is 188 g/mol. The lowest BCUT2D eigenvalue weighted by molar-refractivity contribution is 0.879. The fourth-order valence-corrected chi connectivity index (χ4v) is 1.30. The highest BCUT2D eigenvalue weighted by molar-refractivity contribution is 5.39. The summed E-state index contributed by atoms with van der Waals surface area (Å²) in [5.74, 6) is 0. The van der Waals surface area contributed by atoms with Gasteiger partial charge < -0.3 is 5.73 Å². The molecule has 0 aliphatic heterocycles. The molecule has 0 unspecified atom stereocenters. The van der Waals surface area contributed by atoms with Crippen LogP contribution >= 0.6 is 0 Å². The number of aromatic nitrogens is 2. The van der Waals surface area contributed by atoms with Gasteiger partial charge in [0.05, 0.1) is 23.5 Å². The van der Waals surface area contributed by atoms with Crippen LogP contribution in [0, 0.1) is 11.3 Å². The second kappa shape index (κ2) is 3.95. The van der Waals surface area contributed by atoms with Gasteiger partial charge in [0.1, 0.15) is 0 Å². The summed E-state index contributed by atoms with van der Waals surface area (Å²) in [7, 11) is 0. The van der Waals surface area contributed by atoms with E-state index in [2.05, 4.69) is 11.2 Å². The maximum atomic E-state index is 8.65. The van der Waals surface area contributed by atoms with Crippen LogP contribution in [0.5, 0.6) is 0 Å². The van der Waals surface area contributed by atoms with Gasteiger partial charge in [-0.25, -0.2) is 4.68 Å². The van der Waals surface area contributed by atoms with Crippen molar-refractivity contribution in [2.24, 2.45) is 5.73 Å². The predicted molar refractivity (Wildman–Crippen MR) is 56.2 cm³/mol. The third-order valence-corrected chi connectivity index (χ3v) is 2.13. The molecule has 74 valence electrons. The lowest BCUT2D eigenvalue weighted by atomic mass is 10.2. The fourth-order valence-electron chi connectivity index (χ4n) is 1.30. The molecule has 4 heteroatoms. The molecule has 2 N–H and O–H groups in total. The number of nitrogens with two attached hydrogens (primary N) is 1. The van der Waals surface area contributed by atoms with Crippen molar-refractivity contribution < 1.29 is 0 Å². The lowest BCUT2D eigenvalue weighted by Gasteiger charge is -1.99. The Hall–Kier alpha value is -2.12. The molecule has 0 saturated heterocycles. The van der Waals surface area contributed by atoms with Crippen LogP contribution in [-0.2, 0) is 6.54 Å². The zero-order valence-corrected chi connectivity index (χ0v) is 8.09. The average Bonchev–Trinajstić information content (AvgIpc) is 2.78. The van der Waals surface area contributed by atoms with E-state index in [-0.39, 0.29) is 0 Å². The zero-order valence-electron chi connectivity index (χ0n) is 8.09. The second-order valence-electron chi connectivity index (χ2n) is 3.16. The van der Waals surface area contributed by atoms with Gasteiger partial charge in [0, 0.05) is 18.3 Å². The van der Waals surface area contributed by atoms with E-state index in [1.807, 2.05) is 18.3 Å². The van der Waals surface area contributed by atoms with Crippen LogP contribution in [0.1, 0.15) is 11.1 Å². The monoisotopic (exact) mass is 198 g/mol. The Kier molecular flexibility index (Phi) is 2.48. The number of nitriles is 1. The SMILES string of the molecule is N#Cc1ccc(-n2cc(CN)cn2)cc1. The van der Waals surface area contributed by atoms with Gasteiger partial charge in [-0.1, -0.05) is 0 Å². The first-order chi connectivity index (χ1) is 7.33. The molecule has 0 saturated carbocycles. The Labute approximate surface area is 87.6 Å². The molecule has 15 heavy (non-hydrogen) atoms. The molecule has 1 heterocycles. The first-order valence-electron chi connectivity index (χ1n) is 4.57. The van der Waals surface area contributed by atoms with Gasteiger partial charge >= 0.3 is 0 Å². The van der Waals surface area contributed by atoms with Crippen molar-refractivity contribution in [3.8, 4) is 11.8 Å². The van der Waals surface area contributed by atoms with E-state index in [0.29, 0.717) is 12.1 Å². The molecule has 1 aromatic carbocycles. The van der Waals surface area contributed by atoms with Gasteiger partial charge in [-0.05, 0) is 24.3 Å². The molecule has 0 spiro atoms. The number of nitrogens with zero attached hydrogens (tertiary/aromatic N) is 3. The Morgan fingerprint density at radius 2 is 2.07 bits per heavy atom. The molecule has 2 rings (SSSR count). The molecule has 0 radical (unpaired) electrons. The maximum absolute atomic E-state index is 8.65. The van der Waals surface area contributed by atoms with E-state index in [0.717, 1.165) is 11.3 Å². The van der Waals surface area contributed by atoms with Gasteiger partial charge in [0.15, 0.2) is 0 Å². The number of hydrogen-bond donors (Lipinski definition) is 1. The number of hydrogen-bond acceptors (Lipinski definition) is 3. The molecule has 0 amide bonds. The highest BCUT2D eigenvalue weighted by Crippen LogP contribution is 2.09. The van der Waals surface area contributed by atoms with Gasteiger partial charge in [-0.3, -0.25) is 0 Å². The largest absolute Gasteiger partial charge is 0.326 e. The van der Waals surface area contributed by atoms with Gasteiger partial charge in [-0.15, -0.1) is 0 Å². The van der Waals surface area contributed by atoms with Crippen LogP contribution in [0.3, 0.4) is 0 Å². The van der Waals surface area contributed by atoms with Crippen molar-refractivity contribution in [3.63, 3.8) is 0 Å². The van der Waals surface area contributed by atoms with Crippen molar-refractivity contribution in [2.45, 2.75) is 6.54 Å². The number of rotatable bonds is 2. The first kappa shape index (κ1) is 9.44. The third-order valence-electron chi connectivity index (χ3n) is 2.13. The summed E-state index contributed by atoms with van der Waals surface area (Å²) in [5, 5.41) is 12.8. The Bertz CT molecular complexity index is 490. The van der Waals surface area contributed by atoms with E-state index in [1.54, 1.807) is 23.0 Å². The maximum Gasteiger partial charge on any atom is 0.0991 e. The van der Waals surface area contributed by atoms with Crippen LogP contribution < -0.4 is 5.73 Å². The van der Waals surface area contributed by atoms with E-state index >= 15 is 0 Å². The highest BCUT2D eigenvalue weighted by atomic mass is 15.3. The number of benzene rings is 1. The van der Waals surface area contributed by atoms with Gasteiger partial charge in [0.2, 0.25) is 0 Å². The fraction of sp³-hybridized carbons (Fsp3) is 0.0909. The molecular formula is C11H10N4. The predicted octanol–water partition coefficient (Wildman–Crippen LogP) is 1.20. The van der Waals surface area contributed by atoms with E-state index < -0.39 is 0 Å². The van der Waals surface area contributed by atoms with Gasteiger partial charge in [0.25, 0.3) is 0 Å². The smallest absolute Gasteiger partial charge is 0.0991 e. The van der Waals surface area contributed by atoms with Crippen LogP contribution in [0.4, 0.5) is 0 Å². The molecule has 1 aromatic heterocycles. The van der Waals surface area contributed by atoms with Crippen molar-refractivity contribution in [1.29, 1.82) is 5.26 Å². The Morgan fingerprint density at radius 1 is 1.33 bits per heavy atom. The average molecular weight is 198 g/mol. The van der Waals surface area contributed by atoms with E-state index in [1.165, 1.54) is 0 Å². The summed E-state index contributed by atoms with van der Waals surface area (Å²) in [6.45, 7) is 0.482. The molecule has 0 aliphatic rings. The standard InChI is InChI=1S/C11H10N4/c12-5-9-1-3-11(4-2-9)15-8-10(6-13)7-14-15/h1-4,7-8H,6,13H2. The molecule has 0 atom stereocenters. The summed E-state index contributed by atoms with van der Waals surface area (Å²) < 4.78 is 1.74.